The van der Waals surface area contributed by atoms with E-state index in [-0.39, 0.29) is 5.56 Å². The number of alkyl halides is 3. The predicted molar refractivity (Wildman–Crippen MR) is 58.1 cm³/mol. The Hall–Kier alpha value is -1.60. The number of halogens is 3. The van der Waals surface area contributed by atoms with Crippen LogP contribution in [0.2, 0.25) is 0 Å². The summed E-state index contributed by atoms with van der Waals surface area (Å²) in [6, 6.07) is 4.41. The van der Waals surface area contributed by atoms with E-state index in [1.807, 2.05) is 0 Å². The Kier molecular flexibility index (Phi) is 4.69. The lowest BCUT2D eigenvalue weighted by molar-refractivity contribution is -0.139. The second-order valence-corrected chi connectivity index (χ2v) is 3.68. The van der Waals surface area contributed by atoms with Gasteiger partial charge in [0.2, 0.25) is 5.91 Å². The Morgan fingerprint density at radius 1 is 1.44 bits per heavy atom. The molecule has 0 spiro atoms. The maximum absolute atomic E-state index is 12.7. The monoisotopic (exact) mass is 262 g/mol. The fourth-order valence-corrected chi connectivity index (χ4v) is 1.43. The van der Waals surface area contributed by atoms with Gasteiger partial charge in [0.25, 0.3) is 0 Å². The molecule has 1 unspecified atom stereocenters. The Bertz CT molecular complexity index is 421. The molecule has 1 amide bonds. The molecule has 0 saturated carbocycles. The molecule has 0 aliphatic carbocycles. The smallest absolute Gasteiger partial charge is 0.368 e. The summed E-state index contributed by atoms with van der Waals surface area (Å²) in [6.45, 7) is 1.09. The summed E-state index contributed by atoms with van der Waals surface area (Å²) in [6.07, 6.45) is -4.43. The number of primary amides is 1. The van der Waals surface area contributed by atoms with Crippen LogP contribution in [0.1, 0.15) is 24.1 Å². The molecule has 0 radical (unpaired) electrons. The fourth-order valence-electron chi connectivity index (χ4n) is 1.43. The zero-order chi connectivity index (χ0) is 13.8. The van der Waals surface area contributed by atoms with Gasteiger partial charge in [-0.1, -0.05) is 18.2 Å². The molecule has 7 heteroatoms. The third-order valence-corrected chi connectivity index (χ3v) is 2.21. The van der Waals surface area contributed by atoms with Crippen molar-refractivity contribution in [3.63, 3.8) is 0 Å². The quantitative estimate of drug-likeness (QED) is 0.795. The Balaban J connectivity index is 2.79. The maximum atomic E-state index is 12.7. The summed E-state index contributed by atoms with van der Waals surface area (Å²) in [5, 5.41) is 0. The van der Waals surface area contributed by atoms with Crippen LogP contribution in [-0.2, 0) is 15.8 Å². The minimum Gasteiger partial charge on any atom is -0.368 e. The summed E-state index contributed by atoms with van der Waals surface area (Å²) < 4.78 is 38.1. The Morgan fingerprint density at radius 3 is 2.61 bits per heavy atom. The van der Waals surface area contributed by atoms with Crippen molar-refractivity contribution in [1.29, 1.82) is 0 Å². The minimum absolute atomic E-state index is 0.0365. The topological polar surface area (TPSA) is 64.3 Å². The molecule has 100 valence electrons. The van der Waals surface area contributed by atoms with E-state index in [4.69, 9.17) is 5.73 Å². The number of hydrogen-bond acceptors (Lipinski definition) is 3. The van der Waals surface area contributed by atoms with Gasteiger partial charge in [-0.2, -0.15) is 18.7 Å². The van der Waals surface area contributed by atoms with E-state index in [9.17, 15) is 18.0 Å². The first kappa shape index (κ1) is 14.5. The summed E-state index contributed by atoms with van der Waals surface area (Å²) in [7, 11) is 0. The van der Waals surface area contributed by atoms with Gasteiger partial charge in [-0.3, -0.25) is 9.63 Å². The summed E-state index contributed by atoms with van der Waals surface area (Å²) in [4.78, 5) is 15.1. The number of benzene rings is 1. The lowest BCUT2D eigenvalue weighted by Gasteiger charge is -2.18. The molecular weight excluding hydrogens is 249 g/mol. The zero-order valence-corrected chi connectivity index (χ0v) is 9.62. The third kappa shape index (κ3) is 4.01. The highest BCUT2D eigenvalue weighted by molar-refractivity contribution is 5.74. The first-order valence-corrected chi connectivity index (χ1v) is 5.14. The zero-order valence-electron chi connectivity index (χ0n) is 9.62. The van der Waals surface area contributed by atoms with Crippen molar-refractivity contribution < 1.29 is 22.8 Å². The molecule has 0 saturated heterocycles. The van der Waals surface area contributed by atoms with E-state index < -0.39 is 30.3 Å². The highest BCUT2D eigenvalue weighted by Gasteiger charge is 2.34. The number of carbonyl (C=O) groups is 1. The molecule has 3 N–H and O–H groups in total. The van der Waals surface area contributed by atoms with E-state index in [1.54, 1.807) is 0 Å². The lowest BCUT2D eigenvalue weighted by Crippen LogP contribution is -2.27. The van der Waals surface area contributed by atoms with E-state index >= 15 is 0 Å². The molecule has 0 aliphatic rings. The lowest BCUT2D eigenvalue weighted by atomic mass is 10.0. The van der Waals surface area contributed by atoms with Crippen LogP contribution in [-0.4, -0.2) is 12.5 Å². The van der Waals surface area contributed by atoms with Crippen molar-refractivity contribution in [2.24, 2.45) is 5.73 Å². The van der Waals surface area contributed by atoms with E-state index in [1.165, 1.54) is 25.1 Å². The van der Waals surface area contributed by atoms with E-state index in [2.05, 4.69) is 10.3 Å². The van der Waals surface area contributed by atoms with Gasteiger partial charge >= 0.3 is 6.18 Å². The van der Waals surface area contributed by atoms with Gasteiger partial charge in [-0.25, -0.2) is 0 Å². The molecule has 4 nitrogen and oxygen atoms in total. The number of carbonyl (C=O) groups excluding carboxylic acids is 1. The van der Waals surface area contributed by atoms with E-state index in [0.717, 1.165) is 6.07 Å². The van der Waals surface area contributed by atoms with Crippen LogP contribution in [0.25, 0.3) is 0 Å². The second-order valence-electron chi connectivity index (χ2n) is 3.68. The van der Waals surface area contributed by atoms with Gasteiger partial charge in [0.1, 0.15) is 6.61 Å². The van der Waals surface area contributed by atoms with Crippen molar-refractivity contribution >= 4 is 5.91 Å². The normalized spacial score (nSPS) is 13.3. The SMILES string of the molecule is CC(NOCC(N)=O)c1ccccc1C(F)(F)F. The molecule has 18 heavy (non-hydrogen) atoms. The van der Waals surface area contributed by atoms with Crippen LogP contribution < -0.4 is 11.2 Å². The largest absolute Gasteiger partial charge is 0.416 e. The van der Waals surface area contributed by atoms with Crippen LogP contribution in [0.4, 0.5) is 13.2 Å². The molecule has 0 heterocycles. The number of amides is 1. The van der Waals surface area contributed by atoms with Crippen LogP contribution >= 0.6 is 0 Å². The van der Waals surface area contributed by atoms with Crippen molar-refractivity contribution in [3.8, 4) is 0 Å². The average molecular weight is 262 g/mol. The van der Waals surface area contributed by atoms with E-state index in [0.29, 0.717) is 0 Å². The molecule has 0 fully saturated rings. The second kappa shape index (κ2) is 5.83. The van der Waals surface area contributed by atoms with Gasteiger partial charge in [0, 0.05) is 0 Å². The van der Waals surface area contributed by atoms with Crippen LogP contribution in [0, 0.1) is 0 Å². The number of hydrogen-bond donors (Lipinski definition) is 2. The number of nitrogens with two attached hydrogens (primary N) is 1. The summed E-state index contributed by atoms with van der Waals surface area (Å²) >= 11 is 0. The fraction of sp³-hybridized carbons (Fsp3) is 0.364. The van der Waals surface area contributed by atoms with Crippen molar-refractivity contribution in [1.82, 2.24) is 5.48 Å². The first-order chi connectivity index (χ1) is 8.32. The summed E-state index contributed by atoms with van der Waals surface area (Å²) in [5.74, 6) is -0.709. The van der Waals surface area contributed by atoms with Gasteiger partial charge in [-0.05, 0) is 18.6 Å². The third-order valence-electron chi connectivity index (χ3n) is 2.21. The molecular formula is C11H13F3N2O2. The van der Waals surface area contributed by atoms with Crippen LogP contribution in [0.5, 0.6) is 0 Å². The molecule has 0 bridgehead atoms. The standard InChI is InChI=1S/C11H13F3N2O2/c1-7(16-18-6-10(15)17)8-4-2-3-5-9(8)11(12,13)14/h2-5,7,16H,6H2,1H3,(H2,15,17). The molecule has 1 aromatic carbocycles. The number of hydroxylamine groups is 1. The van der Waals surface area contributed by atoms with Gasteiger partial charge in [0.15, 0.2) is 0 Å². The van der Waals surface area contributed by atoms with Gasteiger partial charge in [-0.15, -0.1) is 0 Å². The predicted octanol–water partition coefficient (Wildman–Crippen LogP) is 1.77. The van der Waals surface area contributed by atoms with Crippen LogP contribution in [0.15, 0.2) is 24.3 Å². The minimum atomic E-state index is -4.43. The highest BCUT2D eigenvalue weighted by atomic mass is 19.4. The van der Waals surface area contributed by atoms with Crippen LogP contribution in [0.3, 0.4) is 0 Å². The average Bonchev–Trinajstić information content (AvgIpc) is 2.27. The summed E-state index contributed by atoms with van der Waals surface area (Å²) in [5.41, 5.74) is 6.47. The molecule has 1 rings (SSSR count). The highest BCUT2D eigenvalue weighted by Crippen LogP contribution is 2.34. The molecule has 1 aromatic rings. The molecule has 0 aromatic heterocycles. The number of nitrogens with one attached hydrogen (secondary N) is 1. The Morgan fingerprint density at radius 2 is 2.06 bits per heavy atom. The number of rotatable bonds is 5. The van der Waals surface area contributed by atoms with Crippen molar-refractivity contribution in [2.45, 2.75) is 19.1 Å². The van der Waals surface area contributed by atoms with Crippen molar-refractivity contribution in [2.75, 3.05) is 6.61 Å². The van der Waals surface area contributed by atoms with Gasteiger partial charge < -0.3 is 5.73 Å². The van der Waals surface area contributed by atoms with Crippen molar-refractivity contribution in [3.05, 3.63) is 35.4 Å². The molecule has 1 atom stereocenters. The van der Waals surface area contributed by atoms with Gasteiger partial charge in [0.05, 0.1) is 11.6 Å². The molecule has 0 aliphatic heterocycles. The Labute approximate surface area is 102 Å². The maximum Gasteiger partial charge on any atom is 0.416 e. The first-order valence-electron chi connectivity index (χ1n) is 5.14.